The normalized spacial score (nSPS) is 11.7. The Morgan fingerprint density at radius 3 is 1.78 bits per heavy atom. The molecule has 3 heteroatoms. The molecule has 0 aliphatic rings. The van der Waals surface area contributed by atoms with Gasteiger partial charge in [-0.15, -0.1) is 0 Å². The third kappa shape index (κ3) is 5.36. The van der Waals surface area contributed by atoms with E-state index in [4.69, 9.17) is 8.83 Å². The lowest BCUT2D eigenvalue weighted by molar-refractivity contribution is 0.669. The van der Waals surface area contributed by atoms with Crippen LogP contribution in [-0.4, -0.2) is 0 Å². The number of anilines is 3. The van der Waals surface area contributed by atoms with Crippen molar-refractivity contribution in [3.8, 4) is 33.4 Å². The van der Waals surface area contributed by atoms with Gasteiger partial charge in [0.05, 0.1) is 16.8 Å². The van der Waals surface area contributed by atoms with Crippen LogP contribution in [0.4, 0.5) is 17.1 Å². The van der Waals surface area contributed by atoms with E-state index in [0.29, 0.717) is 0 Å². The minimum atomic E-state index is 0.848. The van der Waals surface area contributed by atoms with Gasteiger partial charge in [-0.3, -0.25) is 0 Å². The van der Waals surface area contributed by atoms with Gasteiger partial charge in [-0.2, -0.15) is 0 Å². The molecule has 0 N–H and O–H groups in total. The first kappa shape index (κ1) is 33.3. The molecule has 2 heterocycles. The summed E-state index contributed by atoms with van der Waals surface area (Å²) in [5.41, 5.74) is 13.6. The second-order valence-electron chi connectivity index (χ2n) is 15.2. The van der Waals surface area contributed by atoms with Gasteiger partial charge in [0.25, 0.3) is 0 Å². The molecule has 0 bridgehead atoms. The predicted molar refractivity (Wildman–Crippen MR) is 247 cm³/mol. The summed E-state index contributed by atoms with van der Waals surface area (Å²) in [6.07, 6.45) is 0. The van der Waals surface area contributed by atoms with Crippen molar-refractivity contribution < 1.29 is 8.83 Å². The van der Waals surface area contributed by atoms with Crippen LogP contribution in [0.2, 0.25) is 0 Å². The Hall–Kier alpha value is -7.88. The summed E-state index contributed by atoms with van der Waals surface area (Å²) < 4.78 is 13.2. The molecule has 0 fully saturated rings. The minimum absolute atomic E-state index is 0.848. The molecule has 0 spiro atoms. The van der Waals surface area contributed by atoms with Crippen LogP contribution < -0.4 is 4.90 Å². The smallest absolute Gasteiger partial charge is 0.143 e. The van der Waals surface area contributed by atoms with E-state index in [-0.39, 0.29) is 0 Å². The molecule has 0 aliphatic carbocycles. The summed E-state index contributed by atoms with van der Waals surface area (Å²) in [5, 5.41) is 9.12. The largest absolute Gasteiger partial charge is 0.456 e. The lowest BCUT2D eigenvalue weighted by atomic mass is 9.95. The van der Waals surface area contributed by atoms with E-state index in [2.05, 4.69) is 205 Å². The Labute approximate surface area is 340 Å². The molecule has 12 rings (SSSR count). The van der Waals surface area contributed by atoms with Gasteiger partial charge >= 0.3 is 0 Å². The molecule has 3 nitrogen and oxygen atoms in total. The Morgan fingerprint density at radius 2 is 0.898 bits per heavy atom. The van der Waals surface area contributed by atoms with Crippen LogP contribution in [0.1, 0.15) is 0 Å². The van der Waals surface area contributed by atoms with Crippen LogP contribution in [0.15, 0.2) is 221 Å². The third-order valence-corrected chi connectivity index (χ3v) is 11.9. The first-order chi connectivity index (χ1) is 29.3. The van der Waals surface area contributed by atoms with Gasteiger partial charge in [0.15, 0.2) is 0 Å². The van der Waals surface area contributed by atoms with Crippen molar-refractivity contribution in [1.82, 2.24) is 0 Å². The Balaban J connectivity index is 1.07. The van der Waals surface area contributed by atoms with Gasteiger partial charge in [0, 0.05) is 32.8 Å². The SMILES string of the molecule is c1cc(-c2ccc(N(c3ccccc3-c3cccc4oc5ccccc5c34)c3cccc4oc5c6ccccc6ccc5c34)cc2)cc(-c2cccc3ccccc23)c1. The second kappa shape index (κ2) is 13.4. The highest BCUT2D eigenvalue weighted by Crippen LogP contribution is 2.48. The standard InChI is InChI=1S/C56H35NO2/c1-3-18-42-37(13-1)15-10-22-43(42)40-17-9-16-39(35-40)36-29-32-41(33-30-36)57(50-25-12-28-53-55(50)48-34-31-38-14-2-4-19-44(38)56(48)59-53)49-24-7-5-20-45(49)46-23-11-27-52-54(46)47-21-6-8-26-51(47)58-52/h1-35H. The van der Waals surface area contributed by atoms with E-state index < -0.39 is 0 Å². The van der Waals surface area contributed by atoms with Gasteiger partial charge < -0.3 is 13.7 Å². The highest BCUT2D eigenvalue weighted by molar-refractivity contribution is 6.20. The lowest BCUT2D eigenvalue weighted by Gasteiger charge is -2.29. The maximum Gasteiger partial charge on any atom is 0.143 e. The molecule has 0 radical (unpaired) electrons. The van der Waals surface area contributed by atoms with E-state index in [1.807, 2.05) is 12.1 Å². The van der Waals surface area contributed by atoms with E-state index in [0.717, 1.165) is 88.4 Å². The first-order valence-electron chi connectivity index (χ1n) is 20.1. The number of para-hydroxylation sites is 2. The van der Waals surface area contributed by atoms with E-state index >= 15 is 0 Å². The number of fused-ring (bicyclic) bond motifs is 9. The maximum atomic E-state index is 6.75. The van der Waals surface area contributed by atoms with Gasteiger partial charge in [-0.25, -0.2) is 0 Å². The van der Waals surface area contributed by atoms with Crippen LogP contribution in [-0.2, 0) is 0 Å². The molecule has 0 saturated carbocycles. The molecular weight excluding hydrogens is 719 g/mol. The Bertz CT molecular complexity index is 3570. The summed E-state index contributed by atoms with van der Waals surface area (Å²) in [5.74, 6) is 0. The topological polar surface area (TPSA) is 29.5 Å². The fourth-order valence-corrected chi connectivity index (χ4v) is 9.17. The van der Waals surface area contributed by atoms with E-state index in [1.54, 1.807) is 0 Å². The van der Waals surface area contributed by atoms with Gasteiger partial charge in [0.1, 0.15) is 22.3 Å². The van der Waals surface area contributed by atoms with Gasteiger partial charge in [0.2, 0.25) is 0 Å². The quantitative estimate of drug-likeness (QED) is 0.169. The number of hydrogen-bond donors (Lipinski definition) is 0. The first-order valence-corrected chi connectivity index (χ1v) is 20.1. The molecule has 59 heavy (non-hydrogen) atoms. The molecule has 2 aromatic heterocycles. The third-order valence-electron chi connectivity index (χ3n) is 11.9. The highest BCUT2D eigenvalue weighted by atomic mass is 16.3. The fourth-order valence-electron chi connectivity index (χ4n) is 9.17. The van der Waals surface area contributed by atoms with Crippen molar-refractivity contribution in [2.75, 3.05) is 4.90 Å². The highest BCUT2D eigenvalue weighted by Gasteiger charge is 2.24. The lowest BCUT2D eigenvalue weighted by Crippen LogP contribution is -2.11. The average molecular weight is 754 g/mol. The summed E-state index contributed by atoms with van der Waals surface area (Å²) >= 11 is 0. The summed E-state index contributed by atoms with van der Waals surface area (Å²) in [4.78, 5) is 2.40. The van der Waals surface area contributed by atoms with Crippen LogP contribution in [0, 0.1) is 0 Å². The van der Waals surface area contributed by atoms with Crippen LogP contribution in [0.25, 0.3) is 98.8 Å². The molecule has 276 valence electrons. The van der Waals surface area contributed by atoms with Crippen molar-refractivity contribution >= 4 is 82.5 Å². The predicted octanol–water partition coefficient (Wildman–Crippen LogP) is 16.3. The maximum absolute atomic E-state index is 6.75. The van der Waals surface area contributed by atoms with Crippen molar-refractivity contribution in [1.29, 1.82) is 0 Å². The zero-order valence-corrected chi connectivity index (χ0v) is 32.0. The summed E-state index contributed by atoms with van der Waals surface area (Å²) in [6.45, 7) is 0. The summed E-state index contributed by atoms with van der Waals surface area (Å²) in [6, 6.07) is 75.7. The molecule has 0 amide bonds. The number of hydrogen-bond acceptors (Lipinski definition) is 3. The summed E-state index contributed by atoms with van der Waals surface area (Å²) in [7, 11) is 0. The van der Waals surface area contributed by atoms with Crippen molar-refractivity contribution in [2.45, 2.75) is 0 Å². The number of benzene rings is 10. The molecular formula is C56H35NO2. The average Bonchev–Trinajstić information content (AvgIpc) is 3.89. The van der Waals surface area contributed by atoms with Crippen LogP contribution >= 0.6 is 0 Å². The van der Waals surface area contributed by atoms with Crippen molar-refractivity contribution in [2.24, 2.45) is 0 Å². The second-order valence-corrected chi connectivity index (χ2v) is 15.2. The monoisotopic (exact) mass is 753 g/mol. The number of rotatable bonds is 6. The van der Waals surface area contributed by atoms with E-state index in [9.17, 15) is 0 Å². The Morgan fingerprint density at radius 1 is 0.305 bits per heavy atom. The number of furan rings is 2. The van der Waals surface area contributed by atoms with Crippen LogP contribution in [0.3, 0.4) is 0 Å². The molecule has 12 aromatic rings. The number of nitrogens with zero attached hydrogens (tertiary/aromatic N) is 1. The molecule has 0 unspecified atom stereocenters. The van der Waals surface area contributed by atoms with Crippen molar-refractivity contribution in [3.63, 3.8) is 0 Å². The van der Waals surface area contributed by atoms with Gasteiger partial charge in [-0.05, 0) is 98.6 Å². The zero-order chi connectivity index (χ0) is 38.9. The van der Waals surface area contributed by atoms with Crippen LogP contribution in [0.5, 0.6) is 0 Å². The van der Waals surface area contributed by atoms with E-state index in [1.165, 1.54) is 27.5 Å². The fraction of sp³-hybridized carbons (Fsp3) is 0. The minimum Gasteiger partial charge on any atom is -0.456 e. The van der Waals surface area contributed by atoms with Crippen molar-refractivity contribution in [3.05, 3.63) is 212 Å². The van der Waals surface area contributed by atoms with Gasteiger partial charge in [-0.1, -0.05) is 158 Å². The molecule has 0 saturated heterocycles. The molecule has 10 aromatic carbocycles. The molecule has 0 atom stereocenters. The molecule has 0 aliphatic heterocycles. The zero-order valence-electron chi connectivity index (χ0n) is 32.0. The Kier molecular flexibility index (Phi) is 7.54.